The van der Waals surface area contributed by atoms with E-state index in [1.165, 1.54) is 0 Å². The van der Waals surface area contributed by atoms with Gasteiger partial charge in [0, 0.05) is 0 Å². The Morgan fingerprint density at radius 3 is 2.12 bits per heavy atom. The van der Waals surface area contributed by atoms with Gasteiger partial charge in [-0.25, -0.2) is 0 Å². The molecule has 0 spiro atoms. The molecule has 1 rings (SSSR count). The van der Waals surface area contributed by atoms with E-state index in [1.54, 1.807) is 19.1 Å². The minimum Gasteiger partial charge on any atom is -0.312 e. The van der Waals surface area contributed by atoms with Gasteiger partial charge < -0.3 is 3.87 Å². The van der Waals surface area contributed by atoms with E-state index in [0.717, 1.165) is 11.1 Å². The van der Waals surface area contributed by atoms with Crippen molar-refractivity contribution in [2.75, 3.05) is 0 Å². The molecule has 0 aliphatic rings. The summed E-state index contributed by atoms with van der Waals surface area (Å²) in [6, 6.07) is 5.24. The molecule has 0 bridgehead atoms. The van der Waals surface area contributed by atoms with Crippen molar-refractivity contribution in [2.45, 2.75) is 38.4 Å². The van der Waals surface area contributed by atoms with Gasteiger partial charge in [-0.15, -0.1) is 0 Å². The Balaban J connectivity index is 3.18. The lowest BCUT2D eigenvalue weighted by molar-refractivity contribution is 0.485. The van der Waals surface area contributed by atoms with Gasteiger partial charge in [-0.1, -0.05) is 17.7 Å². The largest absolute Gasteiger partial charge is 0.312 e. The van der Waals surface area contributed by atoms with Gasteiger partial charge in [0.2, 0.25) is 8.32 Å². The number of hydrogen-bond donors (Lipinski definition) is 0. The molecular weight excluding hydrogens is 240 g/mol. The van der Waals surface area contributed by atoms with Gasteiger partial charge in [-0.2, -0.15) is 8.42 Å². The second-order valence-corrected chi connectivity index (χ2v) is 11.2. The zero-order chi connectivity index (χ0) is 12.6. The first-order chi connectivity index (χ1) is 7.12. The Bertz CT molecular complexity index is 486. The van der Waals surface area contributed by atoms with Crippen molar-refractivity contribution in [3.8, 4) is 0 Å². The molecule has 0 fully saturated rings. The highest BCUT2D eigenvalue weighted by Gasteiger charge is 2.26. The Morgan fingerprint density at radius 1 is 1.12 bits per heavy atom. The predicted octanol–water partition coefficient (Wildman–Crippen LogP) is 2.84. The lowest BCUT2D eigenvalue weighted by Crippen LogP contribution is -2.29. The molecule has 0 N–H and O–H groups in total. The molecule has 0 unspecified atom stereocenters. The maximum atomic E-state index is 12.0. The van der Waals surface area contributed by atoms with Crippen molar-refractivity contribution < 1.29 is 12.3 Å². The highest BCUT2D eigenvalue weighted by Crippen LogP contribution is 2.21. The molecule has 5 heteroatoms. The summed E-state index contributed by atoms with van der Waals surface area (Å²) in [5, 5.41) is 0. The summed E-state index contributed by atoms with van der Waals surface area (Å²) < 4.78 is 29.2. The van der Waals surface area contributed by atoms with Gasteiger partial charge in [0.25, 0.3) is 10.1 Å². The maximum absolute atomic E-state index is 12.0. The standard InChI is InChI=1S/C11H18O3SSi/c1-9-6-7-11(10(2)8-9)15(12,13)14-16(3,4)5/h6-8H,1-5H3. The molecule has 16 heavy (non-hydrogen) atoms. The van der Waals surface area contributed by atoms with Crippen LogP contribution in [0.2, 0.25) is 19.6 Å². The van der Waals surface area contributed by atoms with Crippen LogP contribution < -0.4 is 0 Å². The zero-order valence-corrected chi connectivity index (χ0v) is 12.2. The van der Waals surface area contributed by atoms with Crippen LogP contribution in [0, 0.1) is 13.8 Å². The average Bonchev–Trinajstić information content (AvgIpc) is 1.97. The lowest BCUT2D eigenvalue weighted by atomic mass is 10.2. The lowest BCUT2D eigenvalue weighted by Gasteiger charge is -2.17. The van der Waals surface area contributed by atoms with Crippen molar-refractivity contribution in [3.05, 3.63) is 29.3 Å². The summed E-state index contributed by atoms with van der Waals surface area (Å²) in [6.07, 6.45) is 0. The Morgan fingerprint density at radius 2 is 1.69 bits per heavy atom. The first kappa shape index (κ1) is 13.4. The van der Waals surface area contributed by atoms with E-state index in [-0.39, 0.29) is 4.90 Å². The van der Waals surface area contributed by atoms with Gasteiger partial charge in [0.1, 0.15) is 0 Å². The highest BCUT2D eigenvalue weighted by atomic mass is 32.2. The normalized spacial score (nSPS) is 12.8. The second-order valence-electron chi connectivity index (χ2n) is 4.92. The summed E-state index contributed by atoms with van der Waals surface area (Å²) in [5.74, 6) is 0. The molecular formula is C11H18O3SSi. The van der Waals surface area contributed by atoms with Crippen molar-refractivity contribution in [2.24, 2.45) is 0 Å². The van der Waals surface area contributed by atoms with Crippen molar-refractivity contribution in [1.29, 1.82) is 0 Å². The van der Waals surface area contributed by atoms with Crippen LogP contribution in [0.4, 0.5) is 0 Å². The van der Waals surface area contributed by atoms with E-state index >= 15 is 0 Å². The van der Waals surface area contributed by atoms with Crippen LogP contribution in [0.15, 0.2) is 23.1 Å². The van der Waals surface area contributed by atoms with Crippen molar-refractivity contribution >= 4 is 18.4 Å². The summed E-state index contributed by atoms with van der Waals surface area (Å²) >= 11 is 0. The van der Waals surface area contributed by atoms with Crippen LogP contribution in [0.1, 0.15) is 11.1 Å². The highest BCUT2D eigenvalue weighted by molar-refractivity contribution is 7.87. The van der Waals surface area contributed by atoms with E-state index in [1.807, 2.05) is 32.6 Å². The minimum absolute atomic E-state index is 0.278. The molecule has 90 valence electrons. The topological polar surface area (TPSA) is 43.4 Å². The second kappa shape index (κ2) is 4.31. The molecule has 3 nitrogen and oxygen atoms in total. The number of benzene rings is 1. The monoisotopic (exact) mass is 258 g/mol. The van der Waals surface area contributed by atoms with Gasteiger partial charge in [-0.05, 0) is 45.1 Å². The van der Waals surface area contributed by atoms with E-state index in [9.17, 15) is 8.42 Å². The van der Waals surface area contributed by atoms with E-state index < -0.39 is 18.4 Å². The quantitative estimate of drug-likeness (QED) is 0.783. The molecule has 0 atom stereocenters. The molecule has 1 aromatic rings. The van der Waals surface area contributed by atoms with Crippen LogP contribution in [-0.2, 0) is 14.0 Å². The molecule has 0 heterocycles. The fourth-order valence-corrected chi connectivity index (χ4v) is 5.13. The molecule has 0 amide bonds. The molecule has 0 aliphatic heterocycles. The Kier molecular flexibility index (Phi) is 3.61. The number of rotatable bonds is 3. The van der Waals surface area contributed by atoms with Crippen molar-refractivity contribution in [1.82, 2.24) is 0 Å². The van der Waals surface area contributed by atoms with Crippen LogP contribution in [0.5, 0.6) is 0 Å². The Labute approximate surface area is 98.7 Å². The molecule has 0 saturated carbocycles. The molecule has 1 aromatic carbocycles. The van der Waals surface area contributed by atoms with E-state index in [4.69, 9.17) is 3.87 Å². The zero-order valence-electron chi connectivity index (χ0n) is 10.4. The van der Waals surface area contributed by atoms with Gasteiger partial charge >= 0.3 is 0 Å². The number of hydrogen-bond acceptors (Lipinski definition) is 3. The van der Waals surface area contributed by atoms with Gasteiger partial charge in [0.15, 0.2) is 0 Å². The van der Waals surface area contributed by atoms with E-state index in [2.05, 4.69) is 0 Å². The molecule has 0 radical (unpaired) electrons. The third-order valence-electron chi connectivity index (χ3n) is 1.96. The first-order valence-electron chi connectivity index (χ1n) is 5.15. The van der Waals surface area contributed by atoms with Crippen LogP contribution in [-0.4, -0.2) is 16.7 Å². The number of aryl methyl sites for hydroxylation is 2. The predicted molar refractivity (Wildman–Crippen MR) is 67.5 cm³/mol. The average molecular weight is 258 g/mol. The summed E-state index contributed by atoms with van der Waals surface area (Å²) in [4.78, 5) is 0.278. The smallest absolute Gasteiger partial charge is 0.287 e. The molecule has 0 aromatic heterocycles. The third kappa shape index (κ3) is 3.43. The van der Waals surface area contributed by atoms with E-state index in [0.29, 0.717) is 0 Å². The SMILES string of the molecule is Cc1ccc(S(=O)(=O)O[Si](C)(C)C)c(C)c1. The first-order valence-corrected chi connectivity index (χ1v) is 9.96. The Hall–Kier alpha value is -0.653. The summed E-state index contributed by atoms with van der Waals surface area (Å²) in [5.41, 5.74) is 1.78. The summed E-state index contributed by atoms with van der Waals surface area (Å²) in [7, 11) is -5.70. The fourth-order valence-electron chi connectivity index (χ4n) is 1.45. The molecule has 0 aliphatic carbocycles. The maximum Gasteiger partial charge on any atom is 0.287 e. The fraction of sp³-hybridized carbons (Fsp3) is 0.455. The molecule has 0 saturated heterocycles. The van der Waals surface area contributed by atoms with Crippen LogP contribution in [0.25, 0.3) is 0 Å². The van der Waals surface area contributed by atoms with Crippen LogP contribution >= 0.6 is 0 Å². The van der Waals surface area contributed by atoms with Gasteiger partial charge in [-0.3, -0.25) is 0 Å². The van der Waals surface area contributed by atoms with Gasteiger partial charge in [0.05, 0.1) is 4.90 Å². The minimum atomic E-state index is -3.60. The third-order valence-corrected chi connectivity index (χ3v) is 5.83. The van der Waals surface area contributed by atoms with Crippen molar-refractivity contribution in [3.63, 3.8) is 0 Å². The van der Waals surface area contributed by atoms with Crippen LogP contribution in [0.3, 0.4) is 0 Å². The summed E-state index contributed by atoms with van der Waals surface area (Å²) in [6.45, 7) is 9.28.